The molecule has 0 aromatic heterocycles. The molecule has 0 aliphatic carbocycles. The largest absolute Gasteiger partial charge is 0.368 e. The maximum Gasteiger partial charge on any atom is 0.244 e. The number of carbonyl (C=O) groups excluding carboxylic acids is 1. The number of primary amides is 1. The molecule has 0 saturated carbocycles. The highest BCUT2D eigenvalue weighted by atomic mass is 32.1. The zero-order valence-corrected chi connectivity index (χ0v) is 13.0. The van der Waals surface area contributed by atoms with Crippen molar-refractivity contribution in [1.82, 2.24) is 10.6 Å². The first-order chi connectivity index (χ1) is 10.7. The average molecular weight is 313 g/mol. The monoisotopic (exact) mass is 313 g/mol. The third-order valence-corrected chi connectivity index (χ3v) is 3.50. The Hall–Kier alpha value is -2.40. The van der Waals surface area contributed by atoms with Crippen LogP contribution in [-0.2, 0) is 11.2 Å². The summed E-state index contributed by atoms with van der Waals surface area (Å²) in [5.74, 6) is -0.460. The normalized spacial score (nSPS) is 11.5. The van der Waals surface area contributed by atoms with E-state index in [1.807, 2.05) is 48.5 Å². The van der Waals surface area contributed by atoms with Gasteiger partial charge in [-0.05, 0) is 29.8 Å². The van der Waals surface area contributed by atoms with Crippen LogP contribution in [-0.4, -0.2) is 17.6 Å². The van der Waals surface area contributed by atoms with Crippen molar-refractivity contribution in [3.8, 4) is 0 Å². The van der Waals surface area contributed by atoms with Gasteiger partial charge in [0.2, 0.25) is 5.91 Å². The lowest BCUT2D eigenvalue weighted by atomic mass is 10.1. The number of benzene rings is 2. The van der Waals surface area contributed by atoms with Crippen LogP contribution >= 0.6 is 12.2 Å². The summed E-state index contributed by atoms with van der Waals surface area (Å²) >= 11 is 5.23. The summed E-state index contributed by atoms with van der Waals surface area (Å²) in [6.07, 6.45) is 0.856. The Balaban J connectivity index is 1.85. The van der Waals surface area contributed by atoms with Gasteiger partial charge in [0.15, 0.2) is 5.11 Å². The number of nitrogens with one attached hydrogen (secondary N) is 2. The molecule has 114 valence electrons. The molecular weight excluding hydrogens is 294 g/mol. The molecule has 5 heteroatoms. The Kier molecular flexibility index (Phi) is 5.91. The van der Waals surface area contributed by atoms with Crippen molar-refractivity contribution in [2.75, 3.05) is 6.54 Å². The average Bonchev–Trinajstić information content (AvgIpc) is 2.54. The van der Waals surface area contributed by atoms with E-state index in [0.717, 1.165) is 12.0 Å². The standard InChI is InChI=1S/C17H19N3OS/c18-16(21)15(14-9-5-2-6-10-14)20-17(22)19-12-11-13-7-3-1-4-8-13/h1-10,15H,11-12H2,(H2,18,21)(H2,19,20,22)/t15-/m0/s1. The lowest BCUT2D eigenvalue weighted by Gasteiger charge is -2.18. The molecule has 0 heterocycles. The molecule has 1 amide bonds. The number of carbonyl (C=O) groups is 1. The third kappa shape index (κ3) is 4.86. The van der Waals surface area contributed by atoms with Gasteiger partial charge in [0.25, 0.3) is 0 Å². The molecule has 0 fully saturated rings. The van der Waals surface area contributed by atoms with Gasteiger partial charge in [-0.25, -0.2) is 0 Å². The van der Waals surface area contributed by atoms with Crippen LogP contribution in [0.15, 0.2) is 60.7 Å². The highest BCUT2D eigenvalue weighted by molar-refractivity contribution is 7.80. The van der Waals surface area contributed by atoms with Crippen LogP contribution in [0.2, 0.25) is 0 Å². The number of rotatable bonds is 6. The molecule has 0 bridgehead atoms. The predicted octanol–water partition coefficient (Wildman–Crippen LogP) is 1.92. The second kappa shape index (κ2) is 8.14. The minimum Gasteiger partial charge on any atom is -0.368 e. The fourth-order valence-electron chi connectivity index (χ4n) is 2.11. The maximum absolute atomic E-state index is 11.6. The fraction of sp³-hybridized carbons (Fsp3) is 0.176. The molecule has 4 nitrogen and oxygen atoms in total. The van der Waals surface area contributed by atoms with Crippen LogP contribution in [0.4, 0.5) is 0 Å². The lowest BCUT2D eigenvalue weighted by Crippen LogP contribution is -2.43. The number of hydrogen-bond donors (Lipinski definition) is 3. The summed E-state index contributed by atoms with van der Waals surface area (Å²) in [5, 5.41) is 6.48. The van der Waals surface area contributed by atoms with E-state index in [9.17, 15) is 4.79 Å². The van der Waals surface area contributed by atoms with Crippen LogP contribution in [0.1, 0.15) is 17.2 Å². The molecule has 0 aliphatic rings. The molecule has 22 heavy (non-hydrogen) atoms. The first kappa shape index (κ1) is 16.0. The summed E-state index contributed by atoms with van der Waals surface area (Å²) in [7, 11) is 0. The second-order valence-corrected chi connectivity index (χ2v) is 5.29. The van der Waals surface area contributed by atoms with Gasteiger partial charge in [-0.3, -0.25) is 4.79 Å². The number of hydrogen-bond acceptors (Lipinski definition) is 2. The molecule has 2 aromatic carbocycles. The van der Waals surface area contributed by atoms with Crippen molar-refractivity contribution >= 4 is 23.2 Å². The van der Waals surface area contributed by atoms with Crippen molar-refractivity contribution < 1.29 is 4.79 Å². The number of thiocarbonyl (C=S) groups is 1. The molecule has 1 atom stereocenters. The third-order valence-electron chi connectivity index (χ3n) is 3.23. The first-order valence-corrected chi connectivity index (χ1v) is 7.50. The van der Waals surface area contributed by atoms with E-state index in [1.54, 1.807) is 0 Å². The summed E-state index contributed by atoms with van der Waals surface area (Å²) in [4.78, 5) is 11.6. The topological polar surface area (TPSA) is 67.2 Å². The van der Waals surface area contributed by atoms with E-state index in [0.29, 0.717) is 11.7 Å². The fourth-order valence-corrected chi connectivity index (χ4v) is 2.33. The van der Waals surface area contributed by atoms with Crippen molar-refractivity contribution in [1.29, 1.82) is 0 Å². The van der Waals surface area contributed by atoms with E-state index in [4.69, 9.17) is 18.0 Å². The smallest absolute Gasteiger partial charge is 0.244 e. The molecule has 0 radical (unpaired) electrons. The van der Waals surface area contributed by atoms with Crippen molar-refractivity contribution in [3.63, 3.8) is 0 Å². The Labute approximate surface area is 135 Å². The van der Waals surface area contributed by atoms with Gasteiger partial charge in [-0.2, -0.15) is 0 Å². The van der Waals surface area contributed by atoms with Gasteiger partial charge in [0, 0.05) is 6.54 Å². The zero-order chi connectivity index (χ0) is 15.8. The zero-order valence-electron chi connectivity index (χ0n) is 12.2. The van der Waals surface area contributed by atoms with E-state index in [1.165, 1.54) is 5.56 Å². The molecule has 2 aromatic rings. The van der Waals surface area contributed by atoms with Gasteiger partial charge in [0.1, 0.15) is 6.04 Å². The van der Waals surface area contributed by atoms with Crippen LogP contribution in [0, 0.1) is 0 Å². The second-order valence-electron chi connectivity index (χ2n) is 4.88. The summed E-state index contributed by atoms with van der Waals surface area (Å²) in [6.45, 7) is 0.691. The van der Waals surface area contributed by atoms with Crippen molar-refractivity contribution in [2.24, 2.45) is 5.73 Å². The highest BCUT2D eigenvalue weighted by Gasteiger charge is 2.17. The Bertz CT molecular complexity index is 616. The molecule has 4 N–H and O–H groups in total. The summed E-state index contributed by atoms with van der Waals surface area (Å²) < 4.78 is 0. The van der Waals surface area contributed by atoms with Crippen molar-refractivity contribution in [2.45, 2.75) is 12.5 Å². The summed E-state index contributed by atoms with van der Waals surface area (Å²) in [5.41, 5.74) is 7.47. The van der Waals surface area contributed by atoms with Crippen LogP contribution in [0.3, 0.4) is 0 Å². The number of nitrogens with two attached hydrogens (primary N) is 1. The Morgan fingerprint density at radius 2 is 1.64 bits per heavy atom. The lowest BCUT2D eigenvalue weighted by molar-refractivity contribution is -0.119. The van der Waals surface area contributed by atoms with Gasteiger partial charge >= 0.3 is 0 Å². The summed E-state index contributed by atoms with van der Waals surface area (Å²) in [6, 6.07) is 18.8. The van der Waals surface area contributed by atoms with E-state index in [-0.39, 0.29) is 0 Å². The van der Waals surface area contributed by atoms with Gasteiger partial charge in [-0.1, -0.05) is 60.7 Å². The van der Waals surface area contributed by atoms with Crippen molar-refractivity contribution in [3.05, 3.63) is 71.8 Å². The highest BCUT2D eigenvalue weighted by Crippen LogP contribution is 2.11. The van der Waals surface area contributed by atoms with Crippen LogP contribution in [0.5, 0.6) is 0 Å². The maximum atomic E-state index is 11.6. The minimum atomic E-state index is -0.627. The molecular formula is C17H19N3OS. The first-order valence-electron chi connectivity index (χ1n) is 7.09. The van der Waals surface area contributed by atoms with Gasteiger partial charge < -0.3 is 16.4 Å². The quantitative estimate of drug-likeness (QED) is 0.713. The molecule has 0 unspecified atom stereocenters. The SMILES string of the molecule is NC(=O)[C@@H](NC(=S)NCCc1ccccc1)c1ccccc1. The Morgan fingerprint density at radius 3 is 2.23 bits per heavy atom. The molecule has 0 saturated heterocycles. The van der Waals surface area contributed by atoms with Crippen LogP contribution < -0.4 is 16.4 Å². The molecule has 2 rings (SSSR count). The van der Waals surface area contributed by atoms with E-state index < -0.39 is 11.9 Å². The number of amides is 1. The van der Waals surface area contributed by atoms with Crippen LogP contribution in [0.25, 0.3) is 0 Å². The van der Waals surface area contributed by atoms with Gasteiger partial charge in [0.05, 0.1) is 0 Å². The van der Waals surface area contributed by atoms with E-state index in [2.05, 4.69) is 22.8 Å². The predicted molar refractivity (Wildman–Crippen MR) is 92.3 cm³/mol. The van der Waals surface area contributed by atoms with E-state index >= 15 is 0 Å². The molecule has 0 spiro atoms. The van der Waals surface area contributed by atoms with Gasteiger partial charge in [-0.15, -0.1) is 0 Å². The molecule has 0 aliphatic heterocycles. The minimum absolute atomic E-state index is 0.420. The Morgan fingerprint density at radius 1 is 1.05 bits per heavy atom.